The topological polar surface area (TPSA) is 0 Å². The number of hydrogen-bond acceptors (Lipinski definition) is 4. The molecule has 0 spiro atoms. The predicted molar refractivity (Wildman–Crippen MR) is 189 cm³/mol. The molecular weight excluding hydrogens is 597 g/mol. The van der Waals surface area contributed by atoms with E-state index in [1.165, 1.54) is 40.2 Å². The van der Waals surface area contributed by atoms with Crippen LogP contribution in [0.15, 0.2) is 117 Å². The van der Waals surface area contributed by atoms with Gasteiger partial charge >= 0.3 is 0 Å². The molecule has 0 saturated heterocycles. The van der Waals surface area contributed by atoms with Crippen molar-refractivity contribution in [1.29, 1.82) is 0 Å². The molecule has 0 nitrogen and oxygen atoms in total. The highest BCUT2D eigenvalue weighted by molar-refractivity contribution is 8.14. The summed E-state index contributed by atoms with van der Waals surface area (Å²) in [5.74, 6) is 13.2. The minimum absolute atomic E-state index is 0.0346. The summed E-state index contributed by atoms with van der Waals surface area (Å²) in [6.45, 7) is 4.98. The van der Waals surface area contributed by atoms with Crippen LogP contribution >= 0.6 is 46.2 Å². The molecule has 1 saturated carbocycles. The highest BCUT2D eigenvalue weighted by Gasteiger charge is 2.59. The predicted octanol–water partition coefficient (Wildman–Crippen LogP) is 10.8. The van der Waals surface area contributed by atoms with Crippen LogP contribution < -0.4 is 0 Å². The number of benzene rings is 2. The maximum absolute atomic E-state index is 3.32. The highest BCUT2D eigenvalue weighted by atomic mass is 32.2. The smallest absolute Gasteiger partial charge is 0.0618 e. The van der Waals surface area contributed by atoms with E-state index in [9.17, 15) is 0 Å². The molecule has 4 heteroatoms. The second-order valence-corrected chi connectivity index (χ2v) is 16.1. The first kappa shape index (κ1) is 27.2. The molecule has 0 unspecified atom stereocenters. The Hall–Kier alpha value is -3.38. The van der Waals surface area contributed by atoms with Crippen LogP contribution in [0.25, 0.3) is 9.81 Å². The molecule has 2 aliphatic carbocycles. The van der Waals surface area contributed by atoms with Crippen molar-refractivity contribution in [1.82, 2.24) is 0 Å². The Morgan fingerprint density at radius 1 is 0.535 bits per heavy atom. The zero-order valence-electron chi connectivity index (χ0n) is 24.0. The molecule has 0 amide bonds. The van der Waals surface area contributed by atoms with Gasteiger partial charge in [0, 0.05) is 42.8 Å². The Balaban J connectivity index is 1.09. The average Bonchev–Trinajstić information content (AvgIpc) is 3.86. The summed E-state index contributed by atoms with van der Waals surface area (Å²) in [5, 5.41) is 8.34. The summed E-state index contributed by atoms with van der Waals surface area (Å²) >= 11 is 7.49. The maximum Gasteiger partial charge on any atom is 0.0618 e. The standard InChI is InChI=1S/C39H28S4/c1-38-34(22-36(42-38)30-14-10-26(11-15-30)6-8-28-18-20-40-24-28)32-4-3-5-33(32)35-23-37(43-39(35,38)2)31-16-12-27(13-17-31)7-9-29-19-21-41-25-29/h10-25H,3-5H2,1-2H3/t38-,39-/m1/s1. The van der Waals surface area contributed by atoms with Gasteiger partial charge in [-0.25, -0.2) is 0 Å². The monoisotopic (exact) mass is 624 g/mol. The lowest BCUT2D eigenvalue weighted by Gasteiger charge is -2.47. The van der Waals surface area contributed by atoms with Crippen LogP contribution in [-0.2, 0) is 0 Å². The van der Waals surface area contributed by atoms with Crippen LogP contribution in [0, 0.1) is 23.7 Å². The fourth-order valence-corrected chi connectivity index (χ4v) is 11.0. The number of fused-ring (bicyclic) bond motifs is 4. The van der Waals surface area contributed by atoms with Crippen molar-refractivity contribution in [3.8, 4) is 23.7 Å². The molecule has 4 heterocycles. The van der Waals surface area contributed by atoms with E-state index in [0.717, 1.165) is 22.3 Å². The summed E-state index contributed by atoms with van der Waals surface area (Å²) in [6.07, 6.45) is 8.65. The van der Waals surface area contributed by atoms with Crippen LogP contribution in [0.1, 0.15) is 66.5 Å². The minimum Gasteiger partial charge on any atom is -0.151 e. The largest absolute Gasteiger partial charge is 0.151 e. The Morgan fingerprint density at radius 3 is 1.35 bits per heavy atom. The molecule has 2 aromatic heterocycles. The van der Waals surface area contributed by atoms with E-state index in [4.69, 9.17) is 0 Å². The summed E-state index contributed by atoms with van der Waals surface area (Å²) in [6, 6.07) is 21.8. The Bertz CT molecular complexity index is 1840. The number of thiophene rings is 2. The van der Waals surface area contributed by atoms with Gasteiger partial charge in [-0.1, -0.05) is 47.9 Å². The second-order valence-electron chi connectivity index (χ2n) is 11.6. The van der Waals surface area contributed by atoms with E-state index in [-0.39, 0.29) is 9.49 Å². The molecule has 2 atom stereocenters. The molecule has 1 fully saturated rings. The van der Waals surface area contributed by atoms with Crippen LogP contribution in [0.3, 0.4) is 0 Å². The maximum atomic E-state index is 3.32. The second kappa shape index (κ2) is 10.7. The molecule has 4 aliphatic rings. The molecule has 0 bridgehead atoms. The lowest BCUT2D eigenvalue weighted by atomic mass is 9.72. The van der Waals surface area contributed by atoms with Crippen molar-refractivity contribution in [2.24, 2.45) is 0 Å². The molecular formula is C39H28S4. The molecule has 208 valence electrons. The van der Waals surface area contributed by atoms with Crippen LogP contribution in [0.5, 0.6) is 0 Å². The van der Waals surface area contributed by atoms with Crippen molar-refractivity contribution in [2.45, 2.75) is 42.6 Å². The molecule has 8 rings (SSSR count). The van der Waals surface area contributed by atoms with Crippen LogP contribution in [0.2, 0.25) is 0 Å². The van der Waals surface area contributed by atoms with Crippen LogP contribution in [0.4, 0.5) is 0 Å². The summed E-state index contributed by atoms with van der Waals surface area (Å²) < 4.78 is -0.0692. The van der Waals surface area contributed by atoms with Gasteiger partial charge in [-0.05, 0) is 126 Å². The number of allylic oxidation sites excluding steroid dienone is 4. The van der Waals surface area contributed by atoms with Gasteiger partial charge < -0.3 is 0 Å². The Kier molecular flexibility index (Phi) is 6.74. The van der Waals surface area contributed by atoms with E-state index >= 15 is 0 Å². The number of thioether (sulfide) groups is 2. The Morgan fingerprint density at radius 2 is 0.953 bits per heavy atom. The lowest BCUT2D eigenvalue weighted by Crippen LogP contribution is -2.47. The molecule has 0 radical (unpaired) electrons. The van der Waals surface area contributed by atoms with E-state index in [2.05, 4.69) is 155 Å². The van der Waals surface area contributed by atoms with Gasteiger partial charge in [0.1, 0.15) is 0 Å². The van der Waals surface area contributed by atoms with E-state index < -0.39 is 0 Å². The quantitative estimate of drug-likeness (QED) is 0.204. The average molecular weight is 625 g/mol. The van der Waals surface area contributed by atoms with Gasteiger partial charge in [0.05, 0.1) is 9.49 Å². The van der Waals surface area contributed by atoms with Crippen molar-refractivity contribution < 1.29 is 0 Å². The molecule has 2 aliphatic heterocycles. The third-order valence-electron chi connectivity index (χ3n) is 9.07. The van der Waals surface area contributed by atoms with Crippen molar-refractivity contribution >= 4 is 56.0 Å². The minimum atomic E-state index is -0.0346. The molecule has 2 aromatic carbocycles. The zero-order valence-corrected chi connectivity index (χ0v) is 27.3. The van der Waals surface area contributed by atoms with E-state index in [1.807, 2.05) is 0 Å². The van der Waals surface area contributed by atoms with Crippen molar-refractivity contribution in [2.75, 3.05) is 0 Å². The normalized spacial score (nSPS) is 23.5. The highest BCUT2D eigenvalue weighted by Crippen LogP contribution is 2.70. The van der Waals surface area contributed by atoms with Gasteiger partial charge in [0.25, 0.3) is 0 Å². The van der Waals surface area contributed by atoms with Gasteiger partial charge in [-0.15, -0.1) is 23.5 Å². The van der Waals surface area contributed by atoms with Gasteiger partial charge in [-0.3, -0.25) is 0 Å². The van der Waals surface area contributed by atoms with Crippen molar-refractivity contribution in [3.63, 3.8) is 0 Å². The van der Waals surface area contributed by atoms with Gasteiger partial charge in [0.2, 0.25) is 0 Å². The summed E-state index contributed by atoms with van der Waals surface area (Å²) in [4.78, 5) is 2.75. The third-order valence-corrected chi connectivity index (χ3v) is 13.8. The fourth-order valence-electron chi connectivity index (χ4n) is 6.62. The van der Waals surface area contributed by atoms with Gasteiger partial charge in [-0.2, -0.15) is 22.7 Å². The summed E-state index contributed by atoms with van der Waals surface area (Å²) in [7, 11) is 0. The number of rotatable bonds is 2. The first-order chi connectivity index (χ1) is 21.0. The fraction of sp³-hybridized carbons (Fsp3) is 0.179. The van der Waals surface area contributed by atoms with Crippen LogP contribution in [-0.4, -0.2) is 9.49 Å². The Labute approximate surface area is 270 Å². The summed E-state index contributed by atoms with van der Waals surface area (Å²) in [5.41, 5.74) is 13.2. The molecule has 4 aromatic rings. The first-order valence-corrected chi connectivity index (χ1v) is 18.1. The molecule has 0 N–H and O–H groups in total. The van der Waals surface area contributed by atoms with Gasteiger partial charge in [0.15, 0.2) is 0 Å². The van der Waals surface area contributed by atoms with Crippen molar-refractivity contribution in [3.05, 3.63) is 150 Å². The van der Waals surface area contributed by atoms with E-state index in [1.54, 1.807) is 45.0 Å². The lowest BCUT2D eigenvalue weighted by molar-refractivity contribution is 0.607. The first-order valence-electron chi connectivity index (χ1n) is 14.6. The number of hydrogen-bond donors (Lipinski definition) is 0. The van der Waals surface area contributed by atoms with E-state index in [0.29, 0.717) is 0 Å². The molecule has 43 heavy (non-hydrogen) atoms. The SMILES string of the molecule is C[C@@]12SC(c3ccc(C#Cc4ccsc4)cc3)=CC1=C1CCCC1=C1C=C(c3ccc(C#Cc4ccsc4)cc3)S[C@]12C. The third kappa shape index (κ3) is 4.64. The zero-order chi connectivity index (χ0) is 29.0.